The van der Waals surface area contributed by atoms with E-state index < -0.39 is 41.9 Å². The Hall–Kier alpha value is -5.47. The third-order valence-electron chi connectivity index (χ3n) is 9.20. The molecule has 0 saturated heterocycles. The molecule has 1 aliphatic heterocycles. The van der Waals surface area contributed by atoms with E-state index in [4.69, 9.17) is 0 Å². The molecule has 2 bridgehead atoms. The maximum atomic E-state index is 13.9. The minimum absolute atomic E-state index is 0.0156. The second-order valence-electron chi connectivity index (χ2n) is 13.9. The van der Waals surface area contributed by atoms with Crippen molar-refractivity contribution in [1.82, 2.24) is 41.0 Å². The Balaban J connectivity index is 1.44. The van der Waals surface area contributed by atoms with Crippen molar-refractivity contribution in [2.75, 3.05) is 26.7 Å². The quantitative estimate of drug-likeness (QED) is 0.233. The number of hydrogen-bond donors (Lipinski definition) is 4. The molecule has 0 radical (unpaired) electrons. The maximum Gasteiger partial charge on any atom is 0.271 e. The third-order valence-corrected chi connectivity index (χ3v) is 10.2. The van der Waals surface area contributed by atoms with Gasteiger partial charge in [0.25, 0.3) is 5.91 Å². The summed E-state index contributed by atoms with van der Waals surface area (Å²) < 4.78 is 0. The van der Waals surface area contributed by atoms with E-state index in [0.29, 0.717) is 24.5 Å². The number of aromatic nitrogens is 2. The zero-order valence-corrected chi connectivity index (χ0v) is 32.1. The lowest BCUT2D eigenvalue weighted by atomic mass is 10.0. The predicted molar refractivity (Wildman–Crippen MR) is 207 cm³/mol. The minimum atomic E-state index is -0.993. The van der Waals surface area contributed by atoms with Gasteiger partial charge >= 0.3 is 0 Å². The van der Waals surface area contributed by atoms with Gasteiger partial charge in [0, 0.05) is 43.8 Å². The van der Waals surface area contributed by atoms with Crippen molar-refractivity contribution in [1.29, 1.82) is 0 Å². The lowest BCUT2D eigenvalue weighted by Gasteiger charge is -2.29. The number of fused-ring (bicyclic) bond motifs is 2. The molecule has 0 aliphatic carbocycles. The number of carbonyl (C=O) groups excluding carboxylic acids is 5. The maximum absolute atomic E-state index is 13.9. The second kappa shape index (κ2) is 18.5. The highest BCUT2D eigenvalue weighted by atomic mass is 32.1. The monoisotopic (exact) mass is 752 g/mol. The Labute approximate surface area is 320 Å². The number of amides is 5. The van der Waals surface area contributed by atoms with Gasteiger partial charge in [0.15, 0.2) is 0 Å². The first-order chi connectivity index (χ1) is 25.9. The fraction of sp³-hybridized carbons (Fsp3) is 0.375. The van der Waals surface area contributed by atoms with Gasteiger partial charge in [-0.25, -0.2) is 4.98 Å². The largest absolute Gasteiger partial charge is 0.345 e. The molecule has 5 rings (SSSR count). The summed E-state index contributed by atoms with van der Waals surface area (Å²) in [6, 6.07) is 20.0. The molecule has 3 heterocycles. The van der Waals surface area contributed by atoms with Crippen LogP contribution in [0.2, 0.25) is 0 Å². The number of pyridine rings is 1. The Morgan fingerprint density at radius 3 is 2.19 bits per heavy atom. The molecule has 1 aliphatic rings. The van der Waals surface area contributed by atoms with Crippen LogP contribution in [-0.4, -0.2) is 94.1 Å². The van der Waals surface area contributed by atoms with Gasteiger partial charge in [-0.2, -0.15) is 0 Å². The number of nitrogens with zero attached hydrogens (tertiary/aromatic N) is 4. The van der Waals surface area contributed by atoms with E-state index in [1.54, 1.807) is 39.4 Å². The van der Waals surface area contributed by atoms with Crippen molar-refractivity contribution in [3.63, 3.8) is 0 Å². The van der Waals surface area contributed by atoms with Crippen molar-refractivity contribution >= 4 is 40.9 Å². The summed E-state index contributed by atoms with van der Waals surface area (Å²) in [4.78, 5) is 79.7. The van der Waals surface area contributed by atoms with Crippen molar-refractivity contribution < 1.29 is 24.0 Å². The molecule has 2 aromatic carbocycles. The van der Waals surface area contributed by atoms with Crippen LogP contribution in [0.3, 0.4) is 0 Å². The van der Waals surface area contributed by atoms with Crippen LogP contribution in [0.15, 0.2) is 84.4 Å². The summed E-state index contributed by atoms with van der Waals surface area (Å²) in [5, 5.41) is 13.4. The summed E-state index contributed by atoms with van der Waals surface area (Å²) >= 11 is 1.24. The molecular weight excluding hydrogens is 705 g/mol. The van der Waals surface area contributed by atoms with E-state index in [0.717, 1.165) is 22.4 Å². The molecule has 4 aromatic rings. The van der Waals surface area contributed by atoms with E-state index in [9.17, 15) is 24.0 Å². The number of nitrogens with one attached hydrogen (secondary N) is 4. The second-order valence-corrected chi connectivity index (χ2v) is 14.8. The summed E-state index contributed by atoms with van der Waals surface area (Å²) in [7, 11) is 1.66. The molecular formula is C40H48N8O5S. The number of thiazole rings is 1. The highest BCUT2D eigenvalue weighted by Crippen LogP contribution is 2.23. The molecule has 14 heteroatoms. The highest BCUT2D eigenvalue weighted by Gasteiger charge is 2.31. The standard InChI is InChI=1S/C40H48N8O5S/c1-25(2)35-38(52)43-27(4)40(53)47(5)19-20-48(22-29-14-16-30(17-15-29)31-13-9-10-18-41-31)23-34(49)44-32(21-28-11-7-6-8-12-28)39-45-33(24-54-39)37(51)42-26(3)36(50)46-35/h6-18,24-27,32,35H,19-23H2,1-5H3,(H,42,51)(H,43,52)(H,44,49)(H,46,50)/t26-,27+,32-,35-/m0/s1. The van der Waals surface area contributed by atoms with E-state index in [-0.39, 0.29) is 36.5 Å². The van der Waals surface area contributed by atoms with Crippen LogP contribution in [0.5, 0.6) is 0 Å². The normalized spacial score (nSPS) is 21.4. The summed E-state index contributed by atoms with van der Waals surface area (Å²) in [6.45, 7) is 7.75. The van der Waals surface area contributed by atoms with Crippen LogP contribution in [0.4, 0.5) is 0 Å². The van der Waals surface area contributed by atoms with Crippen LogP contribution >= 0.6 is 11.3 Å². The van der Waals surface area contributed by atoms with E-state index in [1.807, 2.05) is 77.7 Å². The molecule has 54 heavy (non-hydrogen) atoms. The Bertz CT molecular complexity index is 1900. The molecule has 4 N–H and O–H groups in total. The molecule has 284 valence electrons. The fourth-order valence-corrected chi connectivity index (χ4v) is 6.93. The van der Waals surface area contributed by atoms with Gasteiger partial charge in [0.1, 0.15) is 28.8 Å². The van der Waals surface area contributed by atoms with Crippen LogP contribution in [0.1, 0.15) is 60.4 Å². The van der Waals surface area contributed by atoms with Crippen molar-refractivity contribution in [2.45, 2.75) is 64.8 Å². The SMILES string of the molecule is CC(C)[C@@H]1NC(=O)[C@H](C)NC(=O)c2csc(n2)[C@H](Cc2ccccc2)NC(=O)CN(Cc2ccc(-c3ccccn3)cc2)CCN(C)C(=O)[C@@H](C)NC1=O. The van der Waals surface area contributed by atoms with Crippen LogP contribution in [0.25, 0.3) is 11.3 Å². The van der Waals surface area contributed by atoms with Crippen molar-refractivity contribution in [2.24, 2.45) is 5.92 Å². The number of carbonyl (C=O) groups is 5. The van der Waals surface area contributed by atoms with E-state index in [1.165, 1.54) is 23.2 Å². The topological polar surface area (TPSA) is 166 Å². The molecule has 2 aromatic heterocycles. The van der Waals surface area contributed by atoms with Crippen molar-refractivity contribution in [3.8, 4) is 11.3 Å². The Morgan fingerprint density at radius 2 is 1.50 bits per heavy atom. The molecule has 13 nitrogen and oxygen atoms in total. The highest BCUT2D eigenvalue weighted by molar-refractivity contribution is 7.09. The van der Waals surface area contributed by atoms with Gasteiger partial charge < -0.3 is 26.2 Å². The number of rotatable bonds is 6. The first-order valence-electron chi connectivity index (χ1n) is 18.1. The first-order valence-corrected chi connectivity index (χ1v) is 18.9. The fourth-order valence-electron chi connectivity index (χ4n) is 6.08. The zero-order valence-electron chi connectivity index (χ0n) is 31.2. The molecule has 5 amide bonds. The number of benzene rings is 2. The van der Waals surface area contributed by atoms with E-state index >= 15 is 0 Å². The van der Waals surface area contributed by atoms with Gasteiger partial charge in [-0.1, -0.05) is 74.5 Å². The third kappa shape index (κ3) is 10.8. The van der Waals surface area contributed by atoms with Gasteiger partial charge in [-0.3, -0.25) is 33.9 Å². The minimum Gasteiger partial charge on any atom is -0.345 e. The average Bonchev–Trinajstić information content (AvgIpc) is 3.66. The first kappa shape index (κ1) is 39.7. The van der Waals surface area contributed by atoms with Crippen LogP contribution in [0, 0.1) is 5.92 Å². The summed E-state index contributed by atoms with van der Waals surface area (Å²) in [5.74, 6) is -2.53. The van der Waals surface area contributed by atoms with Crippen LogP contribution < -0.4 is 21.3 Å². The number of hydrogen-bond acceptors (Lipinski definition) is 9. The van der Waals surface area contributed by atoms with Crippen LogP contribution in [-0.2, 0) is 32.1 Å². The molecule has 0 unspecified atom stereocenters. The Kier molecular flexibility index (Phi) is 13.6. The van der Waals surface area contributed by atoms with Gasteiger partial charge in [-0.15, -0.1) is 11.3 Å². The molecule has 0 fully saturated rings. The van der Waals surface area contributed by atoms with Gasteiger partial charge in [0.05, 0.1) is 18.3 Å². The van der Waals surface area contributed by atoms with Gasteiger partial charge in [-0.05, 0) is 49.4 Å². The predicted octanol–water partition coefficient (Wildman–Crippen LogP) is 3.34. The average molecular weight is 753 g/mol. The molecule has 0 spiro atoms. The Morgan fingerprint density at radius 1 is 0.778 bits per heavy atom. The summed E-state index contributed by atoms with van der Waals surface area (Å²) in [6.07, 6.45) is 2.18. The molecule has 4 atom stereocenters. The number of likely N-dealkylation sites (N-methyl/N-ethyl adjacent to an activating group) is 1. The van der Waals surface area contributed by atoms with Gasteiger partial charge in [0.2, 0.25) is 23.6 Å². The smallest absolute Gasteiger partial charge is 0.271 e. The summed E-state index contributed by atoms with van der Waals surface area (Å²) in [5.41, 5.74) is 3.87. The molecule has 0 saturated carbocycles. The lowest BCUT2D eigenvalue weighted by molar-refractivity contribution is -0.136. The van der Waals surface area contributed by atoms with Crippen molar-refractivity contribution in [3.05, 3.63) is 106 Å². The zero-order chi connectivity index (χ0) is 38.8. The lowest BCUT2D eigenvalue weighted by Crippen LogP contribution is -2.57. The van der Waals surface area contributed by atoms with E-state index in [2.05, 4.69) is 31.2 Å².